The van der Waals surface area contributed by atoms with Crippen LogP contribution in [0.3, 0.4) is 0 Å². The van der Waals surface area contributed by atoms with Crippen LogP contribution in [0.1, 0.15) is 26.7 Å². The molecular weight excluding hydrogens is 204 g/mol. The summed E-state index contributed by atoms with van der Waals surface area (Å²) in [6.45, 7) is 3.14. The number of carbonyl (C=O) groups excluding carboxylic acids is 2. The molecule has 1 aliphatic carbocycles. The predicted molar refractivity (Wildman–Crippen MR) is 61.5 cm³/mol. The summed E-state index contributed by atoms with van der Waals surface area (Å²) in [5.41, 5.74) is 0.916. The van der Waals surface area contributed by atoms with E-state index in [1.165, 1.54) is 6.92 Å². The van der Waals surface area contributed by atoms with E-state index in [1.807, 2.05) is 37.3 Å². The minimum Gasteiger partial charge on any atom is -0.393 e. The van der Waals surface area contributed by atoms with Crippen LogP contribution in [-0.2, 0) is 14.3 Å². The van der Waals surface area contributed by atoms with Gasteiger partial charge in [-0.3, -0.25) is 9.59 Å². The lowest BCUT2D eigenvalue weighted by Gasteiger charge is -2.13. The number of hydrogen-bond donors (Lipinski definition) is 0. The minimum atomic E-state index is -0.556. The smallest absolute Gasteiger partial charge is 0.321 e. The summed E-state index contributed by atoms with van der Waals surface area (Å²) < 4.78 is 4.62. The van der Waals surface area contributed by atoms with Crippen LogP contribution in [0.4, 0.5) is 0 Å². The molecule has 3 heteroatoms. The number of carbonyl (C=O) groups is 2. The van der Waals surface area contributed by atoms with Crippen LogP contribution in [0.15, 0.2) is 36.0 Å². The van der Waals surface area contributed by atoms with Crippen LogP contribution in [0, 0.1) is 5.92 Å². The molecule has 0 heterocycles. The first-order valence-corrected chi connectivity index (χ1v) is 5.40. The van der Waals surface area contributed by atoms with Gasteiger partial charge in [-0.1, -0.05) is 37.3 Å². The van der Waals surface area contributed by atoms with Crippen LogP contribution in [0.25, 0.3) is 0 Å². The first-order chi connectivity index (χ1) is 7.65. The van der Waals surface area contributed by atoms with E-state index in [1.54, 1.807) is 0 Å². The summed E-state index contributed by atoms with van der Waals surface area (Å²) in [4.78, 5) is 22.4. The maximum absolute atomic E-state index is 11.7. The molecule has 0 bridgehead atoms. The molecule has 0 spiro atoms. The molecule has 0 N–H and O–H groups in total. The van der Waals surface area contributed by atoms with E-state index in [0.29, 0.717) is 6.42 Å². The number of esters is 2. The highest BCUT2D eigenvalue weighted by Gasteiger charge is 2.22. The molecule has 0 fully saturated rings. The fourth-order valence-electron chi connectivity index (χ4n) is 1.61. The van der Waals surface area contributed by atoms with Gasteiger partial charge in [0.1, 0.15) is 0 Å². The zero-order valence-electron chi connectivity index (χ0n) is 9.60. The van der Waals surface area contributed by atoms with Crippen molar-refractivity contribution in [3.05, 3.63) is 36.0 Å². The lowest BCUT2D eigenvalue weighted by molar-refractivity contribution is -0.160. The second-order valence-electron chi connectivity index (χ2n) is 3.60. The number of allylic oxidation sites excluding steroid dienone is 5. The molecular formula is C13H16O3. The van der Waals surface area contributed by atoms with Gasteiger partial charge in [0, 0.05) is 6.92 Å². The number of hydrogen-bond acceptors (Lipinski definition) is 3. The molecule has 1 unspecified atom stereocenters. The number of rotatable bonds is 3. The summed E-state index contributed by atoms with van der Waals surface area (Å²) in [5.74, 6) is -1.37. The van der Waals surface area contributed by atoms with Crippen molar-refractivity contribution in [3.8, 4) is 0 Å². The van der Waals surface area contributed by atoms with Gasteiger partial charge < -0.3 is 4.74 Å². The van der Waals surface area contributed by atoms with Gasteiger partial charge in [-0.15, -0.1) is 0 Å². The van der Waals surface area contributed by atoms with E-state index < -0.39 is 11.9 Å². The van der Waals surface area contributed by atoms with Crippen molar-refractivity contribution in [1.82, 2.24) is 0 Å². The fraction of sp³-hybridized carbons (Fsp3) is 0.385. The third kappa shape index (κ3) is 3.50. The second-order valence-corrected chi connectivity index (χ2v) is 3.60. The Hall–Kier alpha value is -1.64. The van der Waals surface area contributed by atoms with E-state index in [4.69, 9.17) is 0 Å². The van der Waals surface area contributed by atoms with Crippen molar-refractivity contribution in [1.29, 1.82) is 0 Å². The third-order valence-corrected chi connectivity index (χ3v) is 2.36. The molecule has 0 aliphatic heterocycles. The Morgan fingerprint density at radius 2 is 2.19 bits per heavy atom. The number of ether oxygens (including phenoxy) is 1. The van der Waals surface area contributed by atoms with Gasteiger partial charge in [-0.2, -0.15) is 0 Å². The Morgan fingerprint density at radius 3 is 2.81 bits per heavy atom. The van der Waals surface area contributed by atoms with E-state index >= 15 is 0 Å². The molecule has 0 amide bonds. The first-order valence-electron chi connectivity index (χ1n) is 5.40. The van der Waals surface area contributed by atoms with E-state index in [9.17, 15) is 9.59 Å². The predicted octanol–water partition coefficient (Wildman–Crippen LogP) is 2.54. The van der Waals surface area contributed by atoms with Gasteiger partial charge in [-0.25, -0.2) is 0 Å². The Balaban J connectivity index is 2.77. The van der Waals surface area contributed by atoms with Crippen LogP contribution in [0.2, 0.25) is 0 Å². The van der Waals surface area contributed by atoms with Crippen molar-refractivity contribution in [2.45, 2.75) is 26.7 Å². The highest BCUT2D eigenvalue weighted by molar-refractivity contribution is 5.87. The van der Waals surface area contributed by atoms with Crippen molar-refractivity contribution in [3.63, 3.8) is 0 Å². The van der Waals surface area contributed by atoms with Gasteiger partial charge in [0.05, 0.1) is 5.92 Å². The summed E-state index contributed by atoms with van der Waals surface area (Å²) in [6, 6.07) is 0. The fourth-order valence-corrected chi connectivity index (χ4v) is 1.61. The average Bonchev–Trinajstić information content (AvgIpc) is 2.46. The lowest BCUT2D eigenvalue weighted by Crippen LogP contribution is -2.20. The quantitative estimate of drug-likeness (QED) is 0.542. The highest BCUT2D eigenvalue weighted by atomic mass is 16.6. The van der Waals surface area contributed by atoms with Gasteiger partial charge in [-0.05, 0) is 18.4 Å². The SMILES string of the molecule is CCC(C(=O)OC(C)=O)C1=CCC=CC=C1. The van der Waals surface area contributed by atoms with Crippen molar-refractivity contribution in [2.75, 3.05) is 0 Å². The van der Waals surface area contributed by atoms with Crippen molar-refractivity contribution in [2.24, 2.45) is 5.92 Å². The van der Waals surface area contributed by atoms with Crippen LogP contribution < -0.4 is 0 Å². The Morgan fingerprint density at radius 1 is 1.44 bits per heavy atom. The molecule has 1 atom stereocenters. The molecule has 0 aromatic rings. The van der Waals surface area contributed by atoms with Gasteiger partial charge in [0.2, 0.25) is 0 Å². The van der Waals surface area contributed by atoms with Gasteiger partial charge in [0.25, 0.3) is 0 Å². The topological polar surface area (TPSA) is 43.4 Å². The summed E-state index contributed by atoms with van der Waals surface area (Å²) in [6.07, 6.45) is 11.1. The third-order valence-electron chi connectivity index (χ3n) is 2.36. The van der Waals surface area contributed by atoms with Crippen LogP contribution in [0.5, 0.6) is 0 Å². The second kappa shape index (κ2) is 6.05. The molecule has 0 radical (unpaired) electrons. The molecule has 0 saturated heterocycles. The summed E-state index contributed by atoms with van der Waals surface area (Å²) in [7, 11) is 0. The van der Waals surface area contributed by atoms with E-state index in [-0.39, 0.29) is 5.92 Å². The minimum absolute atomic E-state index is 0.347. The van der Waals surface area contributed by atoms with Crippen molar-refractivity contribution < 1.29 is 14.3 Å². The lowest BCUT2D eigenvalue weighted by atomic mass is 9.95. The zero-order valence-corrected chi connectivity index (χ0v) is 9.60. The van der Waals surface area contributed by atoms with Crippen LogP contribution in [-0.4, -0.2) is 11.9 Å². The Kier molecular flexibility index (Phi) is 4.70. The normalized spacial score (nSPS) is 16.2. The molecule has 1 aliphatic rings. The Labute approximate surface area is 95.5 Å². The summed E-state index contributed by atoms with van der Waals surface area (Å²) >= 11 is 0. The van der Waals surface area contributed by atoms with Gasteiger partial charge >= 0.3 is 11.9 Å². The highest BCUT2D eigenvalue weighted by Crippen LogP contribution is 2.20. The molecule has 3 nitrogen and oxygen atoms in total. The monoisotopic (exact) mass is 220 g/mol. The largest absolute Gasteiger partial charge is 0.393 e. The molecule has 1 rings (SSSR count). The first kappa shape index (κ1) is 12.4. The average molecular weight is 220 g/mol. The summed E-state index contributed by atoms with van der Waals surface area (Å²) in [5, 5.41) is 0. The standard InChI is InChI=1S/C13H16O3/c1-3-12(13(15)16-10(2)14)11-8-6-4-5-7-9-11/h4-6,8-9,12H,3,7H2,1-2H3. The van der Waals surface area contributed by atoms with E-state index in [0.717, 1.165) is 12.0 Å². The molecule has 0 aromatic carbocycles. The van der Waals surface area contributed by atoms with Gasteiger partial charge in [0.15, 0.2) is 0 Å². The van der Waals surface area contributed by atoms with Crippen molar-refractivity contribution >= 4 is 11.9 Å². The zero-order chi connectivity index (χ0) is 12.0. The molecule has 0 aromatic heterocycles. The maximum Gasteiger partial charge on any atom is 0.321 e. The molecule has 86 valence electrons. The van der Waals surface area contributed by atoms with Crippen LogP contribution >= 0.6 is 0 Å². The molecule has 0 saturated carbocycles. The maximum atomic E-state index is 11.7. The molecule has 16 heavy (non-hydrogen) atoms. The van der Waals surface area contributed by atoms with E-state index in [2.05, 4.69) is 4.74 Å². The Bertz CT molecular complexity index is 361.